The number of sulfonamides is 1. The van der Waals surface area contributed by atoms with Crippen LogP contribution in [0.25, 0.3) is 0 Å². The number of nitrogens with zero attached hydrogens (tertiary/aromatic N) is 1. The minimum absolute atomic E-state index is 0.0519. The molecule has 29 heavy (non-hydrogen) atoms. The summed E-state index contributed by atoms with van der Waals surface area (Å²) in [7, 11) is -3.41. The first-order chi connectivity index (χ1) is 13.7. The first-order valence-corrected chi connectivity index (χ1v) is 12.5. The first-order valence-electron chi connectivity index (χ1n) is 9.68. The van der Waals surface area contributed by atoms with Crippen LogP contribution >= 0.6 is 11.8 Å². The minimum atomic E-state index is -3.41. The van der Waals surface area contributed by atoms with Crippen molar-refractivity contribution in [3.63, 3.8) is 0 Å². The van der Waals surface area contributed by atoms with Crippen molar-refractivity contribution in [1.82, 2.24) is 5.32 Å². The van der Waals surface area contributed by atoms with Gasteiger partial charge in [0.25, 0.3) is 0 Å². The minimum Gasteiger partial charge on any atom is -0.355 e. The largest absolute Gasteiger partial charge is 0.355 e. The topological polar surface area (TPSA) is 66.5 Å². The van der Waals surface area contributed by atoms with Crippen LogP contribution in [0.15, 0.2) is 47.4 Å². The lowest BCUT2D eigenvalue weighted by atomic mass is 10.1. The molecule has 0 saturated carbocycles. The number of hydrogen-bond acceptors (Lipinski definition) is 4. The van der Waals surface area contributed by atoms with Crippen molar-refractivity contribution in [2.75, 3.05) is 29.4 Å². The van der Waals surface area contributed by atoms with Crippen molar-refractivity contribution in [3.05, 3.63) is 59.2 Å². The highest BCUT2D eigenvalue weighted by Gasteiger charge is 2.19. The molecule has 0 radical (unpaired) electrons. The van der Waals surface area contributed by atoms with E-state index in [1.54, 1.807) is 11.8 Å². The molecule has 0 atom stereocenters. The zero-order chi connectivity index (χ0) is 21.4. The highest BCUT2D eigenvalue weighted by atomic mass is 32.2. The molecule has 5 nitrogen and oxygen atoms in total. The smallest absolute Gasteiger partial charge is 0.232 e. The third-order valence-electron chi connectivity index (χ3n) is 4.51. The molecule has 2 aromatic carbocycles. The summed E-state index contributed by atoms with van der Waals surface area (Å²) in [5.41, 5.74) is 3.82. The van der Waals surface area contributed by atoms with Gasteiger partial charge in [-0.05, 0) is 56.5 Å². The van der Waals surface area contributed by atoms with Gasteiger partial charge in [0.15, 0.2) is 0 Å². The molecule has 0 fully saturated rings. The quantitative estimate of drug-likeness (QED) is 0.452. The third-order valence-corrected chi connectivity index (χ3v) is 6.71. The van der Waals surface area contributed by atoms with Crippen molar-refractivity contribution >= 4 is 33.4 Å². The van der Waals surface area contributed by atoms with Gasteiger partial charge in [0.2, 0.25) is 15.9 Å². The van der Waals surface area contributed by atoms with Crippen molar-refractivity contribution < 1.29 is 13.2 Å². The van der Waals surface area contributed by atoms with Crippen molar-refractivity contribution in [2.24, 2.45) is 0 Å². The van der Waals surface area contributed by atoms with Gasteiger partial charge in [-0.2, -0.15) is 0 Å². The Balaban J connectivity index is 1.79. The zero-order valence-corrected chi connectivity index (χ0v) is 19.2. The van der Waals surface area contributed by atoms with Gasteiger partial charge in [-0.3, -0.25) is 9.10 Å². The van der Waals surface area contributed by atoms with Crippen LogP contribution < -0.4 is 9.62 Å². The summed E-state index contributed by atoms with van der Waals surface area (Å²) in [5, 5.41) is 2.91. The highest BCUT2D eigenvalue weighted by Crippen LogP contribution is 2.24. The number of nitrogens with one attached hydrogen (secondary N) is 1. The summed E-state index contributed by atoms with van der Waals surface area (Å²) >= 11 is 1.70. The standard InChI is InChI=1S/C22H30N2O3S2/c1-17-8-11-20(12-9-17)28-15-13-23-22(25)6-5-14-24(29(4,26)27)21-16-18(2)7-10-19(21)3/h7-12,16H,5-6,13-15H2,1-4H3,(H,23,25). The van der Waals surface area contributed by atoms with E-state index in [2.05, 4.69) is 36.5 Å². The monoisotopic (exact) mass is 434 g/mol. The van der Waals surface area contributed by atoms with Crippen LogP contribution in [-0.2, 0) is 14.8 Å². The number of rotatable bonds is 10. The molecule has 0 aromatic heterocycles. The number of benzene rings is 2. The second-order valence-electron chi connectivity index (χ2n) is 7.24. The maximum Gasteiger partial charge on any atom is 0.232 e. The van der Waals surface area contributed by atoms with Gasteiger partial charge in [-0.15, -0.1) is 11.8 Å². The van der Waals surface area contributed by atoms with Gasteiger partial charge in [0.05, 0.1) is 11.9 Å². The summed E-state index contributed by atoms with van der Waals surface area (Å²) < 4.78 is 25.9. The van der Waals surface area contributed by atoms with E-state index in [0.717, 1.165) is 16.9 Å². The summed E-state index contributed by atoms with van der Waals surface area (Å²) in [5.74, 6) is 0.746. The van der Waals surface area contributed by atoms with Crippen LogP contribution in [0.4, 0.5) is 5.69 Å². The SMILES string of the molecule is Cc1ccc(SCCNC(=O)CCCN(c2cc(C)ccc2C)S(C)(=O)=O)cc1. The fourth-order valence-corrected chi connectivity index (χ4v) is 4.70. The maximum absolute atomic E-state index is 12.3. The number of anilines is 1. The Hall–Kier alpha value is -1.99. The summed E-state index contributed by atoms with van der Waals surface area (Å²) in [6, 6.07) is 14.1. The summed E-state index contributed by atoms with van der Waals surface area (Å²) in [6.07, 6.45) is 1.97. The Morgan fingerprint density at radius 1 is 1.03 bits per heavy atom. The highest BCUT2D eigenvalue weighted by molar-refractivity contribution is 7.99. The lowest BCUT2D eigenvalue weighted by Crippen LogP contribution is -2.33. The lowest BCUT2D eigenvalue weighted by molar-refractivity contribution is -0.121. The predicted molar refractivity (Wildman–Crippen MR) is 122 cm³/mol. The van der Waals surface area contributed by atoms with E-state index in [4.69, 9.17) is 0 Å². The van der Waals surface area contributed by atoms with Crippen LogP contribution in [0.5, 0.6) is 0 Å². The van der Waals surface area contributed by atoms with Gasteiger partial charge >= 0.3 is 0 Å². The number of carbonyl (C=O) groups excluding carboxylic acids is 1. The number of hydrogen-bond donors (Lipinski definition) is 1. The molecule has 2 aromatic rings. The summed E-state index contributed by atoms with van der Waals surface area (Å²) in [6.45, 7) is 6.76. The fourth-order valence-electron chi connectivity index (χ4n) is 2.92. The predicted octanol–water partition coefficient (Wildman–Crippen LogP) is 4.07. The molecule has 0 aliphatic carbocycles. The van der Waals surface area contributed by atoms with Crippen LogP contribution in [0.3, 0.4) is 0 Å². The molecule has 0 aliphatic rings. The van der Waals surface area contributed by atoms with E-state index >= 15 is 0 Å². The molecule has 0 saturated heterocycles. The van der Waals surface area contributed by atoms with Gasteiger partial charge in [0, 0.05) is 30.2 Å². The van der Waals surface area contributed by atoms with Crippen LogP contribution in [-0.4, -0.2) is 39.4 Å². The molecule has 0 heterocycles. The maximum atomic E-state index is 12.3. The van der Waals surface area contributed by atoms with E-state index in [9.17, 15) is 13.2 Å². The lowest BCUT2D eigenvalue weighted by Gasteiger charge is -2.24. The molecule has 158 valence electrons. The normalized spacial score (nSPS) is 11.3. The Morgan fingerprint density at radius 2 is 1.69 bits per heavy atom. The molecule has 0 bridgehead atoms. The molecule has 7 heteroatoms. The van der Waals surface area contributed by atoms with Gasteiger partial charge in [-0.1, -0.05) is 29.8 Å². The van der Waals surface area contributed by atoms with Crippen LogP contribution in [0.1, 0.15) is 29.5 Å². The van der Waals surface area contributed by atoms with Gasteiger partial charge in [0.1, 0.15) is 0 Å². The molecular formula is C22H30N2O3S2. The second kappa shape index (κ2) is 10.7. The van der Waals surface area contributed by atoms with Crippen molar-refractivity contribution in [1.29, 1.82) is 0 Å². The molecule has 0 aliphatic heterocycles. The van der Waals surface area contributed by atoms with E-state index in [1.807, 2.05) is 32.0 Å². The number of thioether (sulfide) groups is 1. The number of carbonyl (C=O) groups is 1. The average molecular weight is 435 g/mol. The summed E-state index contributed by atoms with van der Waals surface area (Å²) in [4.78, 5) is 13.3. The van der Waals surface area contributed by atoms with Crippen LogP contribution in [0.2, 0.25) is 0 Å². The average Bonchev–Trinajstić information content (AvgIpc) is 2.65. The van der Waals surface area contributed by atoms with E-state index in [0.29, 0.717) is 25.1 Å². The van der Waals surface area contributed by atoms with Crippen molar-refractivity contribution in [2.45, 2.75) is 38.5 Å². The Labute approximate surface area is 178 Å². The van der Waals surface area contributed by atoms with Gasteiger partial charge < -0.3 is 5.32 Å². The molecule has 1 N–H and O–H groups in total. The molecule has 0 unspecified atom stereocenters. The number of amides is 1. The zero-order valence-electron chi connectivity index (χ0n) is 17.6. The first kappa shape index (κ1) is 23.3. The Morgan fingerprint density at radius 3 is 2.34 bits per heavy atom. The third kappa shape index (κ3) is 7.74. The van der Waals surface area contributed by atoms with Crippen molar-refractivity contribution in [3.8, 4) is 0 Å². The van der Waals surface area contributed by atoms with E-state index in [1.165, 1.54) is 21.0 Å². The Kier molecular flexibility index (Phi) is 8.59. The van der Waals surface area contributed by atoms with E-state index < -0.39 is 10.0 Å². The van der Waals surface area contributed by atoms with E-state index in [-0.39, 0.29) is 12.5 Å². The van der Waals surface area contributed by atoms with Crippen LogP contribution in [0, 0.1) is 20.8 Å². The molecule has 0 spiro atoms. The number of aryl methyl sites for hydroxylation is 3. The molecular weight excluding hydrogens is 404 g/mol. The second-order valence-corrected chi connectivity index (χ2v) is 10.3. The van der Waals surface area contributed by atoms with Gasteiger partial charge in [-0.25, -0.2) is 8.42 Å². The molecule has 1 amide bonds. The molecule has 2 rings (SSSR count). The fraction of sp³-hybridized carbons (Fsp3) is 0.409. The Bertz CT molecular complexity index is 926.